The Bertz CT molecular complexity index is 360. The Hall–Kier alpha value is -0.870. The number of piperidine rings is 1. The van der Waals surface area contributed by atoms with Gasteiger partial charge < -0.3 is 10.4 Å². The second-order valence-corrected chi connectivity index (χ2v) is 3.88. The van der Waals surface area contributed by atoms with E-state index < -0.39 is 12.0 Å². The lowest BCUT2D eigenvalue weighted by Gasteiger charge is -2.30. The Kier molecular flexibility index (Phi) is 4.10. The highest BCUT2D eigenvalue weighted by atomic mass is 35.5. The maximum absolute atomic E-state index is 13.2. The topological polar surface area (TPSA) is 32.3 Å². The fraction of sp³-hybridized carbons (Fsp3) is 0.455. The van der Waals surface area contributed by atoms with Gasteiger partial charge in [0, 0.05) is 31.0 Å². The SMILES string of the molecule is Cl.Oc1ccccc1C1CC(F)(F)CCN1. The van der Waals surface area contributed by atoms with Crippen molar-refractivity contribution in [1.29, 1.82) is 0 Å². The molecule has 2 N–H and O–H groups in total. The van der Waals surface area contributed by atoms with Crippen LogP contribution in [0.3, 0.4) is 0 Å². The van der Waals surface area contributed by atoms with Gasteiger partial charge in [-0.25, -0.2) is 8.78 Å². The van der Waals surface area contributed by atoms with Crippen LogP contribution in [-0.4, -0.2) is 17.6 Å². The molecule has 0 saturated carbocycles. The predicted octanol–water partition coefficient (Wildman–Crippen LogP) is 2.87. The van der Waals surface area contributed by atoms with E-state index in [-0.39, 0.29) is 37.5 Å². The molecule has 16 heavy (non-hydrogen) atoms. The Morgan fingerprint density at radius 1 is 1.31 bits per heavy atom. The van der Waals surface area contributed by atoms with E-state index in [1.807, 2.05) is 0 Å². The van der Waals surface area contributed by atoms with E-state index >= 15 is 0 Å². The minimum Gasteiger partial charge on any atom is -0.508 e. The van der Waals surface area contributed by atoms with Crippen LogP contribution in [0.15, 0.2) is 24.3 Å². The number of benzene rings is 1. The number of aromatic hydroxyl groups is 1. The van der Waals surface area contributed by atoms with Crippen molar-refractivity contribution in [2.24, 2.45) is 0 Å². The molecule has 90 valence electrons. The molecule has 0 radical (unpaired) electrons. The van der Waals surface area contributed by atoms with Gasteiger partial charge in [0.05, 0.1) is 0 Å². The van der Waals surface area contributed by atoms with Crippen LogP contribution in [0.1, 0.15) is 24.4 Å². The van der Waals surface area contributed by atoms with Crippen molar-refractivity contribution in [2.75, 3.05) is 6.54 Å². The molecule has 0 spiro atoms. The predicted molar refractivity (Wildman–Crippen MR) is 60.3 cm³/mol. The molecule has 0 aliphatic carbocycles. The lowest BCUT2D eigenvalue weighted by molar-refractivity contribution is -0.0417. The largest absolute Gasteiger partial charge is 0.508 e. The number of nitrogens with one attached hydrogen (secondary N) is 1. The van der Waals surface area contributed by atoms with E-state index in [2.05, 4.69) is 5.32 Å². The molecule has 2 rings (SSSR count). The zero-order chi connectivity index (χ0) is 10.9. The van der Waals surface area contributed by atoms with Gasteiger partial charge in [-0.05, 0) is 6.07 Å². The number of phenols is 1. The number of halogens is 3. The van der Waals surface area contributed by atoms with Crippen molar-refractivity contribution in [1.82, 2.24) is 5.32 Å². The number of phenolic OH excluding ortho intramolecular Hbond substituents is 1. The van der Waals surface area contributed by atoms with Gasteiger partial charge in [0.2, 0.25) is 0 Å². The summed E-state index contributed by atoms with van der Waals surface area (Å²) in [6, 6.07) is 6.16. The average Bonchev–Trinajstić information content (AvgIpc) is 2.17. The minimum atomic E-state index is -2.63. The summed E-state index contributed by atoms with van der Waals surface area (Å²) >= 11 is 0. The smallest absolute Gasteiger partial charge is 0.251 e. The van der Waals surface area contributed by atoms with E-state index in [0.717, 1.165) is 0 Å². The van der Waals surface area contributed by atoms with E-state index in [4.69, 9.17) is 0 Å². The van der Waals surface area contributed by atoms with Gasteiger partial charge in [-0.1, -0.05) is 18.2 Å². The van der Waals surface area contributed by atoms with Crippen LogP contribution in [0, 0.1) is 0 Å². The standard InChI is InChI=1S/C11H13F2NO.ClH/c12-11(13)5-6-14-9(7-11)8-3-1-2-4-10(8)15;/h1-4,9,14-15H,5-7H2;1H. The number of hydrogen-bond donors (Lipinski definition) is 2. The van der Waals surface area contributed by atoms with E-state index in [9.17, 15) is 13.9 Å². The highest BCUT2D eigenvalue weighted by Crippen LogP contribution is 2.36. The van der Waals surface area contributed by atoms with Crippen LogP contribution < -0.4 is 5.32 Å². The van der Waals surface area contributed by atoms with Crippen molar-refractivity contribution in [3.05, 3.63) is 29.8 Å². The van der Waals surface area contributed by atoms with E-state index in [1.54, 1.807) is 18.2 Å². The van der Waals surface area contributed by atoms with Crippen molar-refractivity contribution >= 4 is 12.4 Å². The second-order valence-electron chi connectivity index (χ2n) is 3.88. The summed E-state index contributed by atoms with van der Waals surface area (Å²) in [6.45, 7) is 0.284. The van der Waals surface area contributed by atoms with Crippen molar-refractivity contribution in [2.45, 2.75) is 24.8 Å². The molecule has 1 atom stereocenters. The number of rotatable bonds is 1. The fourth-order valence-electron chi connectivity index (χ4n) is 1.90. The maximum Gasteiger partial charge on any atom is 0.251 e. The first-order chi connectivity index (χ1) is 7.08. The third kappa shape index (κ3) is 2.83. The molecule has 1 aliphatic heterocycles. The van der Waals surface area contributed by atoms with Crippen LogP contribution >= 0.6 is 12.4 Å². The minimum absolute atomic E-state index is 0. The molecule has 1 fully saturated rings. The van der Waals surface area contributed by atoms with Gasteiger partial charge in [0.1, 0.15) is 5.75 Å². The summed E-state index contributed by atoms with van der Waals surface area (Å²) in [6.07, 6.45) is -0.373. The Labute approximate surface area is 99.1 Å². The average molecular weight is 250 g/mol. The maximum atomic E-state index is 13.2. The molecule has 1 saturated heterocycles. The summed E-state index contributed by atoms with van der Waals surface area (Å²) in [5.41, 5.74) is 0.553. The van der Waals surface area contributed by atoms with Gasteiger partial charge in [-0.3, -0.25) is 0 Å². The van der Waals surface area contributed by atoms with E-state index in [0.29, 0.717) is 5.56 Å². The fourth-order valence-corrected chi connectivity index (χ4v) is 1.90. The molecule has 1 aromatic rings. The summed E-state index contributed by atoms with van der Waals surface area (Å²) in [5.74, 6) is -2.55. The van der Waals surface area contributed by atoms with Gasteiger partial charge in [0.25, 0.3) is 5.92 Å². The summed E-state index contributed by atoms with van der Waals surface area (Å²) in [5, 5.41) is 12.5. The first-order valence-electron chi connectivity index (χ1n) is 4.98. The zero-order valence-electron chi connectivity index (χ0n) is 8.62. The molecule has 5 heteroatoms. The third-order valence-electron chi connectivity index (χ3n) is 2.70. The molecular weight excluding hydrogens is 236 g/mol. The lowest BCUT2D eigenvalue weighted by Crippen LogP contribution is -2.38. The van der Waals surface area contributed by atoms with Crippen LogP contribution in [0.2, 0.25) is 0 Å². The summed E-state index contributed by atoms with van der Waals surface area (Å²) < 4.78 is 26.3. The van der Waals surface area contributed by atoms with Crippen molar-refractivity contribution < 1.29 is 13.9 Å². The van der Waals surface area contributed by atoms with Crippen LogP contribution in [0.5, 0.6) is 5.75 Å². The molecule has 0 amide bonds. The first-order valence-corrected chi connectivity index (χ1v) is 4.98. The number of para-hydroxylation sites is 1. The molecule has 1 aliphatic rings. The van der Waals surface area contributed by atoms with Crippen LogP contribution in [-0.2, 0) is 0 Å². The van der Waals surface area contributed by atoms with Gasteiger partial charge in [-0.2, -0.15) is 0 Å². The Morgan fingerprint density at radius 2 is 2.00 bits per heavy atom. The van der Waals surface area contributed by atoms with Crippen molar-refractivity contribution in [3.8, 4) is 5.75 Å². The third-order valence-corrected chi connectivity index (χ3v) is 2.70. The highest BCUT2D eigenvalue weighted by Gasteiger charge is 2.37. The Morgan fingerprint density at radius 3 is 2.62 bits per heavy atom. The molecule has 1 aromatic carbocycles. The normalized spacial score (nSPS) is 23.5. The summed E-state index contributed by atoms with van der Waals surface area (Å²) in [4.78, 5) is 0. The molecule has 0 bridgehead atoms. The van der Waals surface area contributed by atoms with Crippen molar-refractivity contribution in [3.63, 3.8) is 0 Å². The monoisotopic (exact) mass is 249 g/mol. The highest BCUT2D eigenvalue weighted by molar-refractivity contribution is 5.85. The number of hydrogen-bond acceptors (Lipinski definition) is 2. The molecule has 2 nitrogen and oxygen atoms in total. The molecule has 0 aromatic heterocycles. The van der Waals surface area contributed by atoms with Crippen LogP contribution in [0.25, 0.3) is 0 Å². The molecular formula is C11H14ClF2NO. The quantitative estimate of drug-likeness (QED) is 0.802. The van der Waals surface area contributed by atoms with Gasteiger partial charge in [-0.15, -0.1) is 12.4 Å². The zero-order valence-corrected chi connectivity index (χ0v) is 9.44. The molecule has 1 heterocycles. The first kappa shape index (κ1) is 13.2. The lowest BCUT2D eigenvalue weighted by atomic mass is 9.94. The van der Waals surface area contributed by atoms with Gasteiger partial charge >= 0.3 is 0 Å². The second kappa shape index (κ2) is 4.97. The Balaban J connectivity index is 0.00000128. The van der Waals surface area contributed by atoms with Crippen LogP contribution in [0.4, 0.5) is 8.78 Å². The van der Waals surface area contributed by atoms with E-state index in [1.165, 1.54) is 6.07 Å². The van der Waals surface area contributed by atoms with Gasteiger partial charge in [0.15, 0.2) is 0 Å². The molecule has 1 unspecified atom stereocenters. The number of alkyl halides is 2. The summed E-state index contributed by atoms with van der Waals surface area (Å²) in [7, 11) is 0.